The average Bonchev–Trinajstić information content (AvgIpc) is 2.76. The van der Waals surface area contributed by atoms with Crippen LogP contribution >= 0.6 is 47.8 Å². The maximum absolute atomic E-state index is 12.4. The van der Waals surface area contributed by atoms with Crippen molar-refractivity contribution in [2.75, 3.05) is 31.1 Å². The number of hydrogen-bond donors (Lipinski definition) is 0. The Morgan fingerprint density at radius 2 is 1.33 bits per heavy atom. The van der Waals surface area contributed by atoms with Gasteiger partial charge in [-0.15, -0.1) is 0 Å². The number of rotatable bonds is 5. The lowest BCUT2D eigenvalue weighted by Crippen LogP contribution is -2.50. The van der Waals surface area contributed by atoms with Gasteiger partial charge in [-0.05, 0) is 83.0 Å². The Bertz CT molecular complexity index is 1020. The summed E-state index contributed by atoms with van der Waals surface area (Å²) in [4.78, 5) is 15.7. The van der Waals surface area contributed by atoms with Crippen molar-refractivity contribution in [3.8, 4) is 11.5 Å². The molecule has 1 amide bonds. The van der Waals surface area contributed by atoms with E-state index in [0.717, 1.165) is 5.69 Å². The number of carbonyl (C=O) groups is 1. The van der Waals surface area contributed by atoms with Crippen molar-refractivity contribution in [2.24, 2.45) is 0 Å². The van der Waals surface area contributed by atoms with E-state index in [1.165, 1.54) is 6.07 Å². The molecule has 2 aromatic carbocycles. The molecular formula is C23H25Br3F4N2O4. The van der Waals surface area contributed by atoms with Gasteiger partial charge < -0.3 is 24.0 Å². The molecular weight excluding hydrogens is 684 g/mol. The Labute approximate surface area is 232 Å². The van der Waals surface area contributed by atoms with E-state index < -0.39 is 18.8 Å². The van der Waals surface area contributed by atoms with E-state index in [4.69, 9.17) is 4.74 Å². The fourth-order valence-corrected chi connectivity index (χ4v) is 4.03. The van der Waals surface area contributed by atoms with Crippen LogP contribution in [0, 0.1) is 0 Å². The molecule has 2 aromatic rings. The van der Waals surface area contributed by atoms with Crippen molar-refractivity contribution in [2.45, 2.75) is 39.6 Å². The number of amides is 1. The molecule has 0 aliphatic carbocycles. The van der Waals surface area contributed by atoms with Crippen molar-refractivity contribution < 1.29 is 36.6 Å². The second-order valence-corrected chi connectivity index (χ2v) is 11.0. The highest BCUT2D eigenvalue weighted by Gasteiger charge is 2.26. The zero-order chi connectivity index (χ0) is 27.0. The van der Waals surface area contributed by atoms with Crippen molar-refractivity contribution in [3.05, 3.63) is 49.8 Å². The number of carbonyl (C=O) groups excluding carboxylic acids is 1. The first-order valence-corrected chi connectivity index (χ1v) is 13.0. The average molecular weight is 709 g/mol. The summed E-state index contributed by atoms with van der Waals surface area (Å²) in [5.41, 5.74) is 0.249. The first-order chi connectivity index (χ1) is 16.7. The van der Waals surface area contributed by atoms with Crippen molar-refractivity contribution in [1.82, 2.24) is 4.90 Å². The SMILES string of the molecule is CC(C)(C)OC(=O)N1CCN(c2ccc(Br)c(OC(F)F)c2)CC1.FC(F)Oc1cc(Br)ccc1Br. The molecule has 0 atom stereocenters. The van der Waals surface area contributed by atoms with Crippen LogP contribution < -0.4 is 14.4 Å². The Hall–Kier alpha value is -1.73. The van der Waals surface area contributed by atoms with E-state index in [1.54, 1.807) is 29.2 Å². The summed E-state index contributed by atoms with van der Waals surface area (Å²) in [5, 5.41) is 0. The number of piperazine rings is 1. The second kappa shape index (κ2) is 13.7. The lowest BCUT2D eigenvalue weighted by atomic mass is 10.2. The molecule has 13 heteroatoms. The highest BCUT2D eigenvalue weighted by Crippen LogP contribution is 2.32. The number of benzene rings is 2. The molecule has 0 spiro atoms. The van der Waals surface area contributed by atoms with Gasteiger partial charge in [0.2, 0.25) is 0 Å². The molecule has 3 rings (SSSR count). The quantitative estimate of drug-likeness (QED) is 0.296. The Kier molecular flexibility index (Phi) is 11.6. The standard InChI is InChI=1S/C16H21BrF2N2O3.C7H4Br2F2O/c1-16(2,3)24-15(22)21-8-6-20(7-9-21)11-4-5-12(17)13(10-11)23-14(18)19;8-4-1-2-5(9)6(3-4)12-7(10)11/h4-5,10,14H,6-9H2,1-3H3;1-3,7H. The van der Waals surface area contributed by atoms with Gasteiger partial charge in [-0.3, -0.25) is 0 Å². The second-order valence-electron chi connectivity index (χ2n) is 8.40. The van der Waals surface area contributed by atoms with Gasteiger partial charge in [0, 0.05) is 42.4 Å². The van der Waals surface area contributed by atoms with E-state index in [-0.39, 0.29) is 17.6 Å². The summed E-state index contributed by atoms with van der Waals surface area (Å²) in [6, 6.07) is 9.89. The molecule has 36 heavy (non-hydrogen) atoms. The molecule has 0 unspecified atom stereocenters. The Balaban J connectivity index is 0.000000319. The molecule has 1 fully saturated rings. The van der Waals surface area contributed by atoms with Crippen LogP contribution in [0.25, 0.3) is 0 Å². The van der Waals surface area contributed by atoms with Crippen LogP contribution in [0.5, 0.6) is 11.5 Å². The smallest absolute Gasteiger partial charge is 0.410 e. The third-order valence-corrected chi connectivity index (χ3v) is 6.34. The first-order valence-electron chi connectivity index (χ1n) is 10.6. The number of hydrogen-bond acceptors (Lipinski definition) is 5. The maximum Gasteiger partial charge on any atom is 0.410 e. The topological polar surface area (TPSA) is 51.2 Å². The summed E-state index contributed by atoms with van der Waals surface area (Å²) in [5.74, 6) is 0.219. The fraction of sp³-hybridized carbons (Fsp3) is 0.435. The van der Waals surface area contributed by atoms with Crippen molar-refractivity contribution >= 4 is 59.6 Å². The van der Waals surface area contributed by atoms with Crippen LogP contribution in [0.2, 0.25) is 0 Å². The van der Waals surface area contributed by atoms with Crippen LogP contribution in [0.4, 0.5) is 28.0 Å². The zero-order valence-corrected chi connectivity index (χ0v) is 24.4. The molecule has 0 radical (unpaired) electrons. The number of nitrogens with zero attached hydrogens (tertiary/aromatic N) is 2. The highest BCUT2D eigenvalue weighted by molar-refractivity contribution is 9.11. The molecule has 1 saturated heterocycles. The normalized spacial score (nSPS) is 13.9. The van der Waals surface area contributed by atoms with Gasteiger partial charge in [-0.25, -0.2) is 4.79 Å². The van der Waals surface area contributed by atoms with Crippen LogP contribution in [-0.4, -0.2) is 56.0 Å². The molecule has 0 saturated carbocycles. The first kappa shape index (κ1) is 30.5. The van der Waals surface area contributed by atoms with Crippen molar-refractivity contribution in [1.29, 1.82) is 0 Å². The van der Waals surface area contributed by atoms with Gasteiger partial charge >= 0.3 is 19.3 Å². The third kappa shape index (κ3) is 10.3. The molecule has 6 nitrogen and oxygen atoms in total. The van der Waals surface area contributed by atoms with E-state index in [9.17, 15) is 22.4 Å². The van der Waals surface area contributed by atoms with Crippen molar-refractivity contribution in [3.63, 3.8) is 0 Å². The predicted octanol–water partition coefficient (Wildman–Crippen LogP) is 7.92. The number of anilines is 1. The molecule has 1 aliphatic rings. The van der Waals surface area contributed by atoms with Gasteiger partial charge in [0.1, 0.15) is 17.1 Å². The van der Waals surface area contributed by atoms with E-state index in [0.29, 0.717) is 39.6 Å². The van der Waals surface area contributed by atoms with Crippen LogP contribution in [-0.2, 0) is 4.74 Å². The summed E-state index contributed by atoms with van der Waals surface area (Å²) in [6.07, 6.45) is -0.334. The van der Waals surface area contributed by atoms with Gasteiger partial charge in [-0.1, -0.05) is 15.9 Å². The molecule has 200 valence electrons. The fourth-order valence-electron chi connectivity index (χ4n) is 3.01. The molecule has 0 N–H and O–H groups in total. The minimum absolute atomic E-state index is 0.0945. The van der Waals surface area contributed by atoms with Gasteiger partial charge in [-0.2, -0.15) is 17.6 Å². The minimum Gasteiger partial charge on any atom is -0.444 e. The summed E-state index contributed by atoms with van der Waals surface area (Å²) < 4.78 is 64.2. The molecule has 1 aliphatic heterocycles. The van der Waals surface area contributed by atoms with E-state index in [2.05, 4.69) is 57.3 Å². The predicted molar refractivity (Wildman–Crippen MR) is 139 cm³/mol. The van der Waals surface area contributed by atoms with Gasteiger partial charge in [0.05, 0.1) is 8.95 Å². The molecule has 0 aromatic heterocycles. The lowest BCUT2D eigenvalue weighted by molar-refractivity contribution is -0.0510. The summed E-state index contributed by atoms with van der Waals surface area (Å²) in [7, 11) is 0. The lowest BCUT2D eigenvalue weighted by Gasteiger charge is -2.36. The van der Waals surface area contributed by atoms with Gasteiger partial charge in [0.15, 0.2) is 0 Å². The number of halogens is 7. The number of ether oxygens (including phenoxy) is 3. The zero-order valence-electron chi connectivity index (χ0n) is 19.6. The Morgan fingerprint density at radius 1 is 0.833 bits per heavy atom. The Morgan fingerprint density at radius 3 is 1.83 bits per heavy atom. The van der Waals surface area contributed by atoms with E-state index in [1.807, 2.05) is 31.7 Å². The monoisotopic (exact) mass is 706 g/mol. The van der Waals surface area contributed by atoms with Gasteiger partial charge in [0.25, 0.3) is 0 Å². The summed E-state index contributed by atoms with van der Waals surface area (Å²) in [6.45, 7) is 2.01. The maximum atomic E-state index is 12.4. The largest absolute Gasteiger partial charge is 0.444 e. The summed E-state index contributed by atoms with van der Waals surface area (Å²) >= 11 is 9.41. The van der Waals surface area contributed by atoms with Crippen LogP contribution in [0.3, 0.4) is 0 Å². The number of alkyl halides is 4. The van der Waals surface area contributed by atoms with E-state index >= 15 is 0 Å². The molecule has 0 bridgehead atoms. The minimum atomic E-state index is -2.87. The third-order valence-electron chi connectivity index (χ3n) is 4.54. The van der Waals surface area contributed by atoms with Crippen LogP contribution in [0.1, 0.15) is 20.8 Å². The van der Waals surface area contributed by atoms with Crippen LogP contribution in [0.15, 0.2) is 49.8 Å². The highest BCUT2D eigenvalue weighted by atomic mass is 79.9. The molecule has 1 heterocycles.